The number of aromatic nitrogens is 2. The van der Waals surface area contributed by atoms with Gasteiger partial charge in [-0.2, -0.15) is 15.8 Å². The second kappa shape index (κ2) is 11.4. The molecule has 5 nitrogen and oxygen atoms in total. The predicted molar refractivity (Wildman–Crippen MR) is 200 cm³/mol. The van der Waals surface area contributed by atoms with Crippen molar-refractivity contribution >= 4 is 43.6 Å². The fraction of sp³-hybridized carbons (Fsp3) is 0. The fourth-order valence-corrected chi connectivity index (χ4v) is 7.45. The number of fused-ring (bicyclic) bond motifs is 6. The van der Waals surface area contributed by atoms with Crippen LogP contribution >= 0.6 is 0 Å². The number of hydrogen-bond donors (Lipinski definition) is 0. The monoisotopic (exact) mass is 635 g/mol. The van der Waals surface area contributed by atoms with Crippen LogP contribution in [-0.2, 0) is 0 Å². The highest BCUT2D eigenvalue weighted by molar-refractivity contribution is 6.11. The van der Waals surface area contributed by atoms with Crippen molar-refractivity contribution in [3.05, 3.63) is 168 Å². The summed E-state index contributed by atoms with van der Waals surface area (Å²) in [7, 11) is 0. The first kappa shape index (κ1) is 28.8. The first-order valence-corrected chi connectivity index (χ1v) is 16.3. The summed E-state index contributed by atoms with van der Waals surface area (Å²) in [6.45, 7) is 0. The van der Waals surface area contributed by atoms with Crippen LogP contribution in [0.3, 0.4) is 0 Å². The van der Waals surface area contributed by atoms with E-state index < -0.39 is 0 Å². The molecule has 0 radical (unpaired) electrons. The van der Waals surface area contributed by atoms with E-state index in [1.165, 1.54) is 0 Å². The molecule has 0 atom stereocenters. The molecule has 50 heavy (non-hydrogen) atoms. The van der Waals surface area contributed by atoms with E-state index in [1.807, 2.05) is 109 Å². The Kier molecular flexibility index (Phi) is 6.56. The molecule has 9 rings (SSSR count). The Bertz CT molecular complexity index is 2920. The zero-order valence-electron chi connectivity index (χ0n) is 26.7. The molecule has 2 aromatic heterocycles. The van der Waals surface area contributed by atoms with Crippen molar-refractivity contribution in [3.8, 4) is 51.8 Å². The molecule has 9 aromatic rings. The molecular formula is C45H25N5. The van der Waals surface area contributed by atoms with Crippen LogP contribution in [0.1, 0.15) is 16.7 Å². The third-order valence-electron chi connectivity index (χ3n) is 9.65. The molecule has 0 fully saturated rings. The zero-order valence-corrected chi connectivity index (χ0v) is 26.7. The van der Waals surface area contributed by atoms with Crippen molar-refractivity contribution in [2.75, 3.05) is 0 Å². The molecule has 0 saturated carbocycles. The molecule has 0 aliphatic rings. The van der Waals surface area contributed by atoms with Crippen molar-refractivity contribution in [2.24, 2.45) is 0 Å². The van der Waals surface area contributed by atoms with Gasteiger partial charge in [0.2, 0.25) is 0 Å². The second-order valence-corrected chi connectivity index (χ2v) is 12.3. The van der Waals surface area contributed by atoms with Crippen LogP contribution in [0.25, 0.3) is 77.2 Å². The quantitative estimate of drug-likeness (QED) is 0.193. The minimum Gasteiger partial charge on any atom is -0.309 e. The van der Waals surface area contributed by atoms with Crippen molar-refractivity contribution in [3.63, 3.8) is 0 Å². The summed E-state index contributed by atoms with van der Waals surface area (Å²) in [5, 5.41) is 34.9. The van der Waals surface area contributed by atoms with Crippen molar-refractivity contribution < 1.29 is 0 Å². The Morgan fingerprint density at radius 3 is 1.62 bits per heavy atom. The van der Waals surface area contributed by atoms with Gasteiger partial charge in [-0.3, -0.25) is 0 Å². The predicted octanol–water partition coefficient (Wildman–Crippen LogP) is 10.8. The average molecular weight is 636 g/mol. The van der Waals surface area contributed by atoms with E-state index in [2.05, 4.69) is 69.8 Å². The van der Waals surface area contributed by atoms with Crippen LogP contribution in [0.5, 0.6) is 0 Å². The Hall–Kier alpha value is -7.39. The van der Waals surface area contributed by atoms with Gasteiger partial charge in [0.25, 0.3) is 0 Å². The number of nitrogens with zero attached hydrogens (tertiary/aromatic N) is 5. The normalized spacial score (nSPS) is 11.1. The summed E-state index contributed by atoms with van der Waals surface area (Å²) < 4.78 is 4.41. The first-order valence-electron chi connectivity index (χ1n) is 16.3. The molecule has 0 saturated heterocycles. The lowest BCUT2D eigenvalue weighted by atomic mass is 9.92. The fourth-order valence-electron chi connectivity index (χ4n) is 7.45. The smallest absolute Gasteiger partial charge is 0.0998 e. The largest absolute Gasteiger partial charge is 0.309 e. The number of rotatable bonds is 4. The van der Waals surface area contributed by atoms with Gasteiger partial charge in [-0.25, -0.2) is 0 Å². The van der Waals surface area contributed by atoms with Gasteiger partial charge in [0.1, 0.15) is 0 Å². The molecule has 0 N–H and O–H groups in total. The molecule has 0 unspecified atom stereocenters. The van der Waals surface area contributed by atoms with Crippen LogP contribution in [0, 0.1) is 34.0 Å². The Morgan fingerprint density at radius 2 is 0.940 bits per heavy atom. The highest BCUT2D eigenvalue weighted by atomic mass is 15.0. The summed E-state index contributed by atoms with van der Waals surface area (Å²) in [4.78, 5) is 0. The maximum Gasteiger partial charge on any atom is 0.0998 e. The summed E-state index contributed by atoms with van der Waals surface area (Å²) in [5.41, 5.74) is 10.9. The molecule has 0 aliphatic carbocycles. The molecule has 0 bridgehead atoms. The minimum atomic E-state index is 0.512. The second-order valence-electron chi connectivity index (χ2n) is 12.3. The number of hydrogen-bond acceptors (Lipinski definition) is 3. The van der Waals surface area contributed by atoms with Gasteiger partial charge in [0.15, 0.2) is 0 Å². The zero-order chi connectivity index (χ0) is 33.8. The van der Waals surface area contributed by atoms with Gasteiger partial charge in [-0.1, -0.05) is 91.0 Å². The summed E-state index contributed by atoms with van der Waals surface area (Å²) >= 11 is 0. The van der Waals surface area contributed by atoms with Gasteiger partial charge in [0.05, 0.1) is 62.7 Å². The van der Waals surface area contributed by atoms with Gasteiger partial charge in [-0.15, -0.1) is 0 Å². The van der Waals surface area contributed by atoms with E-state index in [0.717, 1.165) is 77.2 Å². The van der Waals surface area contributed by atoms with Crippen molar-refractivity contribution in [1.82, 2.24) is 9.13 Å². The number of benzene rings is 7. The SMILES string of the molecule is N#Cc1ccc2c(c1)c1ccccc1n2-c1ccccc1-c1ccc(-c2ccc(-n3c4ccccc4c4ccccc43)cc2C#N)cc1C#N. The molecular weight excluding hydrogens is 611 g/mol. The Labute approximate surface area is 287 Å². The maximum absolute atomic E-state index is 10.5. The van der Waals surface area contributed by atoms with E-state index in [1.54, 1.807) is 0 Å². The number of para-hydroxylation sites is 4. The maximum atomic E-state index is 10.5. The standard InChI is InChI=1S/C45H25N5/c46-26-29-17-22-45-40(23-29)39-12-4-8-16-44(39)50(45)43-15-7-1-9-36(43)35-20-18-30(24-31(35)27-47)34-21-19-33(25-32(34)28-48)49-41-13-5-2-10-37(41)38-11-3-6-14-42(38)49/h1-25H. The van der Waals surface area contributed by atoms with E-state index in [0.29, 0.717) is 16.7 Å². The van der Waals surface area contributed by atoms with Crippen LogP contribution in [0.15, 0.2) is 152 Å². The average Bonchev–Trinajstić information content (AvgIpc) is 3.70. The lowest BCUT2D eigenvalue weighted by Crippen LogP contribution is -1.99. The topological polar surface area (TPSA) is 81.2 Å². The minimum absolute atomic E-state index is 0.512. The van der Waals surface area contributed by atoms with Crippen molar-refractivity contribution in [2.45, 2.75) is 0 Å². The van der Waals surface area contributed by atoms with Crippen LogP contribution < -0.4 is 0 Å². The van der Waals surface area contributed by atoms with E-state index >= 15 is 0 Å². The molecule has 7 aromatic carbocycles. The van der Waals surface area contributed by atoms with Crippen molar-refractivity contribution in [1.29, 1.82) is 15.8 Å². The van der Waals surface area contributed by atoms with E-state index in [-0.39, 0.29) is 0 Å². The summed E-state index contributed by atoms with van der Waals surface area (Å²) in [6, 6.07) is 57.6. The third kappa shape index (κ3) is 4.31. The highest BCUT2D eigenvalue weighted by Crippen LogP contribution is 2.39. The molecule has 0 aliphatic heterocycles. The van der Waals surface area contributed by atoms with E-state index in [9.17, 15) is 15.8 Å². The molecule has 2 heterocycles. The summed E-state index contributed by atoms with van der Waals surface area (Å²) in [6.07, 6.45) is 0. The lowest BCUT2D eigenvalue weighted by molar-refractivity contribution is 1.18. The van der Waals surface area contributed by atoms with Crippen LogP contribution in [0.4, 0.5) is 0 Å². The van der Waals surface area contributed by atoms with Gasteiger partial charge in [-0.05, 0) is 71.8 Å². The van der Waals surface area contributed by atoms with Gasteiger partial charge >= 0.3 is 0 Å². The summed E-state index contributed by atoms with van der Waals surface area (Å²) in [5.74, 6) is 0. The molecule has 230 valence electrons. The highest BCUT2D eigenvalue weighted by Gasteiger charge is 2.19. The van der Waals surface area contributed by atoms with E-state index in [4.69, 9.17) is 0 Å². The van der Waals surface area contributed by atoms with Gasteiger partial charge < -0.3 is 9.13 Å². The lowest BCUT2D eigenvalue weighted by Gasteiger charge is -2.16. The Morgan fingerprint density at radius 1 is 0.380 bits per heavy atom. The van der Waals surface area contributed by atoms with Crippen LogP contribution in [0.2, 0.25) is 0 Å². The van der Waals surface area contributed by atoms with Crippen LogP contribution in [-0.4, -0.2) is 9.13 Å². The molecule has 5 heteroatoms. The molecule has 0 amide bonds. The Balaban J connectivity index is 1.18. The third-order valence-corrected chi connectivity index (χ3v) is 9.65. The first-order chi connectivity index (χ1) is 24.7. The number of nitriles is 3. The van der Waals surface area contributed by atoms with Gasteiger partial charge in [0, 0.05) is 38.4 Å². The molecule has 0 spiro atoms.